The van der Waals surface area contributed by atoms with E-state index in [2.05, 4.69) is 74.5 Å². The number of ether oxygens (including phenoxy) is 1. The Morgan fingerprint density at radius 2 is 1.71 bits per heavy atom. The number of methoxy groups -OCH3 is 1. The first-order chi connectivity index (χ1) is 19.4. The van der Waals surface area contributed by atoms with Gasteiger partial charge in [-0.25, -0.2) is 20.2 Å². The molecule has 0 bridgehead atoms. The Morgan fingerprint density at radius 3 is 2.39 bits per heavy atom. The topological polar surface area (TPSA) is 106 Å². The molecule has 2 aromatic carbocycles. The molecular weight excluding hydrogens is 519 g/mol. The SMILES string of the molecule is COC(=O)NN(C(=O)C1CCCC[C@@H]1c1ncc(-c2ccc3cc(B4OC(C)(C)C(C)(C)O4)ccc3c2)[nH]1)C(C)C. The first kappa shape index (κ1) is 29.1. The largest absolute Gasteiger partial charge is 0.494 e. The second-order valence-corrected chi connectivity index (χ2v) is 12.5. The van der Waals surface area contributed by atoms with Gasteiger partial charge in [-0.3, -0.25) is 4.79 Å². The van der Waals surface area contributed by atoms with E-state index in [4.69, 9.17) is 19.0 Å². The third kappa shape index (κ3) is 5.72. The molecule has 2 atom stereocenters. The summed E-state index contributed by atoms with van der Waals surface area (Å²) in [5, 5.41) is 3.59. The summed E-state index contributed by atoms with van der Waals surface area (Å²) < 4.78 is 17.2. The number of H-pyrrole nitrogens is 1. The Morgan fingerprint density at radius 1 is 1.05 bits per heavy atom. The van der Waals surface area contributed by atoms with Crippen LogP contribution in [0.25, 0.3) is 22.0 Å². The molecule has 2 amide bonds. The van der Waals surface area contributed by atoms with Gasteiger partial charge in [-0.05, 0) is 76.7 Å². The van der Waals surface area contributed by atoms with Crippen LogP contribution in [0.1, 0.15) is 79.0 Å². The van der Waals surface area contributed by atoms with Crippen LogP contribution in [-0.4, -0.2) is 58.4 Å². The van der Waals surface area contributed by atoms with Crippen LogP contribution in [0.3, 0.4) is 0 Å². The van der Waals surface area contributed by atoms with Crippen LogP contribution in [0.4, 0.5) is 4.79 Å². The van der Waals surface area contributed by atoms with Gasteiger partial charge in [0.15, 0.2) is 0 Å². The minimum Gasteiger partial charge on any atom is -0.452 e. The Bertz CT molecular complexity index is 1420. The molecule has 1 aromatic heterocycles. The smallest absolute Gasteiger partial charge is 0.452 e. The zero-order valence-electron chi connectivity index (χ0n) is 25.1. The minimum absolute atomic E-state index is 0.0615. The lowest BCUT2D eigenvalue weighted by molar-refractivity contribution is -0.142. The maximum Gasteiger partial charge on any atom is 0.494 e. The molecule has 2 fully saturated rings. The normalized spacial score (nSPS) is 21.7. The predicted molar refractivity (Wildman–Crippen MR) is 159 cm³/mol. The average molecular weight is 561 g/mol. The Kier molecular flexibility index (Phi) is 7.91. The molecule has 1 aliphatic heterocycles. The fourth-order valence-corrected chi connectivity index (χ4v) is 5.74. The maximum absolute atomic E-state index is 13.6. The summed E-state index contributed by atoms with van der Waals surface area (Å²) in [7, 11) is 0.886. The molecule has 0 radical (unpaired) electrons. The molecule has 10 heteroatoms. The van der Waals surface area contributed by atoms with Gasteiger partial charge in [0.25, 0.3) is 0 Å². The first-order valence-corrected chi connectivity index (χ1v) is 14.5. The second kappa shape index (κ2) is 11.1. The van der Waals surface area contributed by atoms with E-state index >= 15 is 0 Å². The van der Waals surface area contributed by atoms with Crippen molar-refractivity contribution in [3.63, 3.8) is 0 Å². The van der Waals surface area contributed by atoms with Crippen LogP contribution in [0, 0.1) is 5.92 Å². The number of imidazole rings is 1. The summed E-state index contributed by atoms with van der Waals surface area (Å²) in [6.07, 6.45) is 4.78. The molecule has 1 saturated heterocycles. The number of hydrazine groups is 1. The number of carbonyl (C=O) groups is 2. The summed E-state index contributed by atoms with van der Waals surface area (Å²) in [6, 6.07) is 12.4. The van der Waals surface area contributed by atoms with Crippen molar-refractivity contribution in [3.8, 4) is 11.3 Å². The molecule has 3 aromatic rings. The number of hydrogen-bond acceptors (Lipinski definition) is 6. The van der Waals surface area contributed by atoms with Gasteiger partial charge in [0.05, 0.1) is 30.2 Å². The number of amides is 2. The third-order valence-electron chi connectivity index (χ3n) is 8.88. The lowest BCUT2D eigenvalue weighted by Crippen LogP contribution is -2.53. The van der Waals surface area contributed by atoms with Crippen LogP contribution in [0.15, 0.2) is 42.6 Å². The highest BCUT2D eigenvalue weighted by Crippen LogP contribution is 2.39. The molecule has 1 aliphatic carbocycles. The van der Waals surface area contributed by atoms with E-state index in [1.807, 2.05) is 20.0 Å². The number of hydrogen-bond donors (Lipinski definition) is 2. The van der Waals surface area contributed by atoms with Crippen molar-refractivity contribution >= 4 is 35.4 Å². The number of carbonyl (C=O) groups excluding carboxylic acids is 2. The van der Waals surface area contributed by atoms with Gasteiger partial charge in [-0.2, -0.15) is 0 Å². The highest BCUT2D eigenvalue weighted by atomic mass is 16.7. The maximum atomic E-state index is 13.6. The van der Waals surface area contributed by atoms with Crippen LogP contribution in [0.5, 0.6) is 0 Å². The summed E-state index contributed by atoms with van der Waals surface area (Å²) in [5.41, 5.74) is 4.74. The molecule has 9 nitrogen and oxygen atoms in total. The summed E-state index contributed by atoms with van der Waals surface area (Å²) >= 11 is 0. The van der Waals surface area contributed by atoms with Crippen molar-refractivity contribution in [3.05, 3.63) is 48.4 Å². The van der Waals surface area contributed by atoms with Crippen LogP contribution < -0.4 is 10.9 Å². The third-order valence-corrected chi connectivity index (χ3v) is 8.88. The Hall–Kier alpha value is -3.37. The summed E-state index contributed by atoms with van der Waals surface area (Å²) in [4.78, 5) is 33.7. The minimum atomic E-state index is -0.654. The number of aromatic amines is 1. The number of fused-ring (bicyclic) bond motifs is 1. The second-order valence-electron chi connectivity index (χ2n) is 12.5. The molecule has 218 valence electrons. The van der Waals surface area contributed by atoms with E-state index in [9.17, 15) is 9.59 Å². The summed E-state index contributed by atoms with van der Waals surface area (Å²) in [5.74, 6) is 0.341. The monoisotopic (exact) mass is 560 g/mol. The molecule has 2 heterocycles. The van der Waals surface area contributed by atoms with Crippen molar-refractivity contribution in [1.29, 1.82) is 0 Å². The van der Waals surface area contributed by atoms with Gasteiger partial charge in [0.1, 0.15) is 5.82 Å². The van der Waals surface area contributed by atoms with Gasteiger partial charge in [0.2, 0.25) is 5.91 Å². The number of benzene rings is 2. The highest BCUT2D eigenvalue weighted by molar-refractivity contribution is 6.62. The van der Waals surface area contributed by atoms with Gasteiger partial charge < -0.3 is 19.0 Å². The summed E-state index contributed by atoms with van der Waals surface area (Å²) in [6.45, 7) is 12.0. The molecule has 1 saturated carbocycles. The lowest BCUT2D eigenvalue weighted by Gasteiger charge is -2.35. The fraction of sp³-hybridized carbons (Fsp3) is 0.516. The fourth-order valence-electron chi connectivity index (χ4n) is 5.74. The number of nitrogens with zero attached hydrogens (tertiary/aromatic N) is 2. The number of aromatic nitrogens is 2. The Labute approximate surface area is 242 Å². The predicted octanol–water partition coefficient (Wildman–Crippen LogP) is 5.31. The van der Waals surface area contributed by atoms with Crippen LogP contribution in [0.2, 0.25) is 0 Å². The molecule has 2 N–H and O–H groups in total. The zero-order chi connectivity index (χ0) is 29.5. The number of rotatable bonds is 5. The molecular formula is C31H41BN4O5. The van der Waals surface area contributed by atoms with E-state index in [1.165, 1.54) is 12.1 Å². The van der Waals surface area contributed by atoms with E-state index in [0.717, 1.165) is 59.0 Å². The standard InChI is InChI=1S/C31H41BN4O5/c1-19(2)36(35-29(38)39-7)28(37)25-11-9-8-10-24(25)27-33-18-26(34-27)22-13-12-21-17-23(15-14-20(21)16-22)32-40-30(3,4)31(5,6)41-32/h12-19,24-25H,8-11H2,1-7H3,(H,33,34)(H,35,38)/t24-,25?/m0/s1. The van der Waals surface area contributed by atoms with Gasteiger partial charge >= 0.3 is 13.2 Å². The van der Waals surface area contributed by atoms with E-state index in [1.54, 1.807) is 0 Å². The molecule has 1 unspecified atom stereocenters. The zero-order valence-corrected chi connectivity index (χ0v) is 25.1. The van der Waals surface area contributed by atoms with E-state index in [0.29, 0.717) is 0 Å². The lowest BCUT2D eigenvalue weighted by atomic mass is 9.78. The quantitative estimate of drug-likeness (QED) is 0.324. The number of nitrogens with one attached hydrogen (secondary N) is 2. The highest BCUT2D eigenvalue weighted by Gasteiger charge is 2.51. The molecule has 2 aliphatic rings. The van der Waals surface area contributed by atoms with Crippen molar-refractivity contribution in [2.24, 2.45) is 5.92 Å². The van der Waals surface area contributed by atoms with Crippen molar-refractivity contribution in [2.45, 2.75) is 90.4 Å². The van der Waals surface area contributed by atoms with Crippen molar-refractivity contribution in [1.82, 2.24) is 20.4 Å². The van der Waals surface area contributed by atoms with E-state index < -0.39 is 13.2 Å². The van der Waals surface area contributed by atoms with Gasteiger partial charge in [-0.1, -0.05) is 43.2 Å². The average Bonchev–Trinajstić information content (AvgIpc) is 3.52. The van der Waals surface area contributed by atoms with Gasteiger partial charge in [-0.15, -0.1) is 0 Å². The van der Waals surface area contributed by atoms with Crippen molar-refractivity contribution < 1.29 is 23.6 Å². The molecule has 0 spiro atoms. The van der Waals surface area contributed by atoms with Crippen LogP contribution >= 0.6 is 0 Å². The van der Waals surface area contributed by atoms with Crippen LogP contribution in [-0.2, 0) is 18.8 Å². The Balaban J connectivity index is 1.36. The molecule has 5 rings (SSSR count). The van der Waals surface area contributed by atoms with Gasteiger partial charge in [0, 0.05) is 23.4 Å². The molecule has 41 heavy (non-hydrogen) atoms. The first-order valence-electron chi connectivity index (χ1n) is 14.5. The van der Waals surface area contributed by atoms with E-state index in [-0.39, 0.29) is 35.0 Å². The van der Waals surface area contributed by atoms with Crippen molar-refractivity contribution in [2.75, 3.05) is 7.11 Å².